The molecule has 6 nitrogen and oxygen atoms in total. The molecule has 0 aliphatic carbocycles. The van der Waals surface area contributed by atoms with Crippen molar-refractivity contribution >= 4 is 11.8 Å². The zero-order valence-electron chi connectivity index (χ0n) is 12.7. The molecule has 1 fully saturated rings. The van der Waals surface area contributed by atoms with Crippen LogP contribution in [0.3, 0.4) is 0 Å². The van der Waals surface area contributed by atoms with Gasteiger partial charge in [-0.1, -0.05) is 13.8 Å². The van der Waals surface area contributed by atoms with Gasteiger partial charge in [-0.2, -0.15) is 10.4 Å². The van der Waals surface area contributed by atoms with Gasteiger partial charge in [0.15, 0.2) is 5.82 Å². The lowest BCUT2D eigenvalue weighted by Gasteiger charge is -2.20. The first-order chi connectivity index (χ1) is 10.2. The summed E-state index contributed by atoms with van der Waals surface area (Å²) in [5, 5.41) is 18.0. The molecule has 1 atom stereocenters. The molecule has 2 rings (SSSR count). The predicted octanol–water partition coefficient (Wildman–Crippen LogP) is 1.47. The zero-order chi connectivity index (χ0) is 15.4. The van der Waals surface area contributed by atoms with Gasteiger partial charge in [0.2, 0.25) is 0 Å². The van der Waals surface area contributed by atoms with Crippen LogP contribution in [0.15, 0.2) is 0 Å². The first-order valence-electron chi connectivity index (χ1n) is 7.27. The summed E-state index contributed by atoms with van der Waals surface area (Å²) in [7, 11) is 1.40. The number of anilines is 1. The molecule has 1 aromatic rings. The third kappa shape index (κ3) is 2.82. The number of hydrogen-bond donors (Lipinski definition) is 0. The van der Waals surface area contributed by atoms with E-state index in [2.05, 4.69) is 16.3 Å². The molecule has 1 aromatic heterocycles. The normalized spacial score (nSPS) is 17.6. The average molecular weight is 288 g/mol. The number of nitrogens with zero attached hydrogens (tertiary/aromatic N) is 4. The van der Waals surface area contributed by atoms with Crippen molar-refractivity contribution in [2.45, 2.75) is 33.1 Å². The van der Waals surface area contributed by atoms with E-state index in [0.29, 0.717) is 24.5 Å². The van der Waals surface area contributed by atoms with E-state index < -0.39 is 0 Å². The van der Waals surface area contributed by atoms with Crippen molar-refractivity contribution in [3.8, 4) is 6.07 Å². The highest BCUT2D eigenvalue weighted by molar-refractivity contribution is 5.74. The number of methoxy groups -OCH3 is 1. The summed E-state index contributed by atoms with van der Waals surface area (Å²) in [6.07, 6.45) is 2.23. The van der Waals surface area contributed by atoms with Crippen molar-refractivity contribution in [1.29, 1.82) is 5.26 Å². The van der Waals surface area contributed by atoms with Gasteiger partial charge in [0.1, 0.15) is 11.6 Å². The van der Waals surface area contributed by atoms with Crippen LogP contribution >= 0.6 is 0 Å². The molecular formula is C15H20N4O2. The van der Waals surface area contributed by atoms with Crippen LogP contribution in [0.1, 0.15) is 37.1 Å². The molecule has 21 heavy (non-hydrogen) atoms. The van der Waals surface area contributed by atoms with E-state index in [1.54, 1.807) is 0 Å². The van der Waals surface area contributed by atoms with Crippen molar-refractivity contribution in [1.82, 2.24) is 10.2 Å². The third-order valence-electron chi connectivity index (χ3n) is 3.96. The highest BCUT2D eigenvalue weighted by Crippen LogP contribution is 2.28. The van der Waals surface area contributed by atoms with Crippen molar-refractivity contribution < 1.29 is 9.53 Å². The number of aryl methyl sites for hydroxylation is 1. The number of ether oxygens (including phenoxy) is 1. The van der Waals surface area contributed by atoms with Gasteiger partial charge in [-0.25, -0.2) is 0 Å². The van der Waals surface area contributed by atoms with Crippen LogP contribution in [0.4, 0.5) is 5.82 Å². The van der Waals surface area contributed by atoms with E-state index in [-0.39, 0.29) is 11.9 Å². The molecule has 0 bridgehead atoms. The Bertz CT molecular complexity index is 580. The molecule has 0 radical (unpaired) electrons. The fourth-order valence-electron chi connectivity index (χ4n) is 2.81. The third-order valence-corrected chi connectivity index (χ3v) is 3.96. The fourth-order valence-corrected chi connectivity index (χ4v) is 2.81. The van der Waals surface area contributed by atoms with E-state index >= 15 is 0 Å². The Kier molecular flexibility index (Phi) is 4.73. The minimum atomic E-state index is -0.204. The standard InChI is InChI=1S/C15H20N4O2/c1-4-11-12(8-16)14(18-17-13(11)5-2)19-7-6-10(9-19)15(20)21-3/h10H,4-7,9H2,1-3H3. The van der Waals surface area contributed by atoms with Crippen LogP contribution in [0.2, 0.25) is 0 Å². The summed E-state index contributed by atoms with van der Waals surface area (Å²) in [5.41, 5.74) is 2.43. The lowest BCUT2D eigenvalue weighted by molar-refractivity contribution is -0.144. The zero-order valence-corrected chi connectivity index (χ0v) is 12.7. The first kappa shape index (κ1) is 15.2. The van der Waals surface area contributed by atoms with Gasteiger partial charge in [0.25, 0.3) is 0 Å². The van der Waals surface area contributed by atoms with E-state index in [1.807, 2.05) is 18.7 Å². The molecule has 0 amide bonds. The molecule has 2 heterocycles. The summed E-state index contributed by atoms with van der Waals surface area (Å²) < 4.78 is 4.79. The monoisotopic (exact) mass is 288 g/mol. The predicted molar refractivity (Wildman–Crippen MR) is 77.8 cm³/mol. The summed E-state index contributed by atoms with van der Waals surface area (Å²) >= 11 is 0. The minimum Gasteiger partial charge on any atom is -0.469 e. The largest absolute Gasteiger partial charge is 0.469 e. The van der Waals surface area contributed by atoms with Crippen molar-refractivity contribution in [3.63, 3.8) is 0 Å². The van der Waals surface area contributed by atoms with Gasteiger partial charge in [-0.15, -0.1) is 5.10 Å². The molecule has 0 spiro atoms. The van der Waals surface area contributed by atoms with Crippen LogP contribution < -0.4 is 4.90 Å². The number of rotatable bonds is 4. The van der Waals surface area contributed by atoms with Crippen molar-refractivity contribution in [2.75, 3.05) is 25.1 Å². The summed E-state index contributed by atoms with van der Waals surface area (Å²) in [5.74, 6) is 0.238. The van der Waals surface area contributed by atoms with Gasteiger partial charge in [-0.05, 0) is 24.8 Å². The van der Waals surface area contributed by atoms with Gasteiger partial charge in [0.05, 0.1) is 18.7 Å². The number of hydrogen-bond acceptors (Lipinski definition) is 6. The highest BCUT2D eigenvalue weighted by atomic mass is 16.5. The van der Waals surface area contributed by atoms with Crippen LogP contribution in [-0.2, 0) is 22.4 Å². The Morgan fingerprint density at radius 2 is 2.19 bits per heavy atom. The summed E-state index contributed by atoms with van der Waals surface area (Å²) in [6.45, 7) is 5.25. The number of aromatic nitrogens is 2. The topological polar surface area (TPSA) is 79.1 Å². The fraction of sp³-hybridized carbons (Fsp3) is 0.600. The Hall–Kier alpha value is -2.16. The van der Waals surface area contributed by atoms with E-state index in [9.17, 15) is 10.1 Å². The molecule has 112 valence electrons. The second-order valence-corrected chi connectivity index (χ2v) is 5.10. The molecule has 1 aliphatic rings. The van der Waals surface area contributed by atoms with Gasteiger partial charge in [-0.3, -0.25) is 4.79 Å². The lowest BCUT2D eigenvalue weighted by Crippen LogP contribution is -2.26. The summed E-state index contributed by atoms with van der Waals surface area (Å²) in [4.78, 5) is 13.6. The maximum Gasteiger partial charge on any atom is 0.310 e. The molecule has 1 aliphatic heterocycles. The highest BCUT2D eigenvalue weighted by Gasteiger charge is 2.31. The van der Waals surface area contributed by atoms with Crippen LogP contribution in [0, 0.1) is 17.2 Å². The maximum absolute atomic E-state index is 11.6. The van der Waals surface area contributed by atoms with Crippen molar-refractivity contribution in [2.24, 2.45) is 5.92 Å². The van der Waals surface area contributed by atoms with E-state index in [4.69, 9.17) is 4.74 Å². The van der Waals surface area contributed by atoms with Gasteiger partial charge in [0, 0.05) is 13.1 Å². The molecule has 1 unspecified atom stereocenters. The second-order valence-electron chi connectivity index (χ2n) is 5.10. The number of carbonyl (C=O) groups is 1. The first-order valence-corrected chi connectivity index (χ1v) is 7.27. The van der Waals surface area contributed by atoms with E-state index in [1.165, 1.54) is 7.11 Å². The second kappa shape index (κ2) is 6.53. The summed E-state index contributed by atoms with van der Waals surface area (Å²) in [6, 6.07) is 2.26. The minimum absolute atomic E-state index is 0.153. The molecule has 1 saturated heterocycles. The number of nitriles is 1. The Morgan fingerprint density at radius 3 is 2.76 bits per heavy atom. The molecule has 0 saturated carbocycles. The Labute approximate surface area is 124 Å². The Balaban J connectivity index is 2.33. The molecular weight excluding hydrogens is 268 g/mol. The SMILES string of the molecule is CCc1nnc(N2CCC(C(=O)OC)C2)c(C#N)c1CC. The van der Waals surface area contributed by atoms with Crippen LogP contribution in [0.5, 0.6) is 0 Å². The Morgan fingerprint density at radius 1 is 1.43 bits per heavy atom. The lowest BCUT2D eigenvalue weighted by atomic mass is 10.0. The smallest absolute Gasteiger partial charge is 0.310 e. The molecule has 6 heteroatoms. The number of carbonyl (C=O) groups excluding carboxylic acids is 1. The quantitative estimate of drug-likeness (QED) is 0.781. The molecule has 0 aromatic carbocycles. The van der Waals surface area contributed by atoms with E-state index in [0.717, 1.165) is 30.5 Å². The number of esters is 1. The van der Waals surface area contributed by atoms with Gasteiger partial charge >= 0.3 is 5.97 Å². The molecule has 0 N–H and O–H groups in total. The van der Waals surface area contributed by atoms with Gasteiger partial charge < -0.3 is 9.64 Å². The van der Waals surface area contributed by atoms with Crippen LogP contribution in [-0.4, -0.2) is 36.4 Å². The van der Waals surface area contributed by atoms with Crippen molar-refractivity contribution in [3.05, 3.63) is 16.8 Å². The average Bonchev–Trinajstić information content (AvgIpc) is 3.02. The van der Waals surface area contributed by atoms with Crippen LogP contribution in [0.25, 0.3) is 0 Å². The maximum atomic E-state index is 11.6.